The number of halogens is 1. The van der Waals surface area contributed by atoms with E-state index in [-0.39, 0.29) is 13.2 Å². The highest BCUT2D eigenvalue weighted by Gasteiger charge is 2.51. The molecule has 0 N–H and O–H groups in total. The molecular formula is C34H29BrO8. The third-order valence-electron chi connectivity index (χ3n) is 6.76. The van der Waals surface area contributed by atoms with Crippen LogP contribution >= 0.6 is 15.9 Å². The van der Waals surface area contributed by atoms with Gasteiger partial charge in [0.1, 0.15) is 23.8 Å². The minimum Gasteiger partial charge on any atom is -0.459 e. The minimum absolute atomic E-state index is 0.170. The Morgan fingerprint density at radius 1 is 0.581 bits per heavy atom. The first-order valence-corrected chi connectivity index (χ1v) is 14.6. The first-order valence-electron chi connectivity index (χ1n) is 13.7. The summed E-state index contributed by atoms with van der Waals surface area (Å²) in [5.74, 6) is -1.88. The van der Waals surface area contributed by atoms with Gasteiger partial charge in [-0.15, -0.1) is 0 Å². The molecule has 0 aliphatic carbocycles. The molecule has 1 saturated heterocycles. The Hall–Kier alpha value is -4.31. The highest BCUT2D eigenvalue weighted by Crippen LogP contribution is 2.33. The van der Waals surface area contributed by atoms with Gasteiger partial charge in [-0.05, 0) is 42.0 Å². The number of rotatable bonds is 10. The van der Waals surface area contributed by atoms with E-state index in [2.05, 4.69) is 15.9 Å². The molecule has 9 heteroatoms. The van der Waals surface area contributed by atoms with Crippen LogP contribution in [0.15, 0.2) is 121 Å². The fourth-order valence-corrected chi connectivity index (χ4v) is 5.30. The fourth-order valence-electron chi connectivity index (χ4n) is 4.57. The van der Waals surface area contributed by atoms with Crippen molar-refractivity contribution in [1.82, 2.24) is 0 Å². The van der Waals surface area contributed by atoms with Gasteiger partial charge in [0.15, 0.2) is 12.2 Å². The molecule has 0 aromatic heterocycles. The van der Waals surface area contributed by atoms with E-state index >= 15 is 0 Å². The van der Waals surface area contributed by atoms with Crippen molar-refractivity contribution in [1.29, 1.82) is 0 Å². The second-order valence-corrected chi connectivity index (χ2v) is 10.6. The topological polar surface area (TPSA) is 97.4 Å². The summed E-state index contributed by atoms with van der Waals surface area (Å²) in [6.45, 7) is -0.114. The Balaban J connectivity index is 1.45. The van der Waals surface area contributed by atoms with E-state index in [0.717, 1.165) is 5.56 Å². The third kappa shape index (κ3) is 7.95. The molecule has 5 rings (SSSR count). The fraction of sp³-hybridized carbons (Fsp3) is 0.206. The van der Waals surface area contributed by atoms with Crippen LogP contribution < -0.4 is 0 Å². The molecule has 0 spiro atoms. The first-order chi connectivity index (χ1) is 21.0. The number of carbonyl (C=O) groups is 3. The monoisotopic (exact) mass is 644 g/mol. The molecule has 4 aromatic rings. The van der Waals surface area contributed by atoms with Crippen molar-refractivity contribution in [2.45, 2.75) is 36.0 Å². The molecule has 4 aromatic carbocycles. The van der Waals surface area contributed by atoms with Gasteiger partial charge >= 0.3 is 17.9 Å². The molecule has 1 heterocycles. The van der Waals surface area contributed by atoms with Crippen molar-refractivity contribution in [2.75, 3.05) is 6.61 Å². The second-order valence-electron chi connectivity index (χ2n) is 9.72. The average molecular weight is 646 g/mol. The van der Waals surface area contributed by atoms with Crippen LogP contribution in [0.1, 0.15) is 36.6 Å². The molecule has 43 heavy (non-hydrogen) atoms. The van der Waals surface area contributed by atoms with Crippen LogP contribution in [-0.2, 0) is 30.3 Å². The number of esters is 3. The Labute approximate surface area is 257 Å². The van der Waals surface area contributed by atoms with Crippen molar-refractivity contribution < 1.29 is 38.1 Å². The van der Waals surface area contributed by atoms with Crippen LogP contribution in [0, 0.1) is 0 Å². The Morgan fingerprint density at radius 2 is 1.02 bits per heavy atom. The second kappa shape index (κ2) is 14.7. The Bertz CT molecular complexity index is 1480. The predicted molar refractivity (Wildman–Crippen MR) is 161 cm³/mol. The van der Waals surface area contributed by atoms with Gasteiger partial charge in [-0.25, -0.2) is 14.4 Å². The molecule has 8 nitrogen and oxygen atoms in total. The zero-order valence-corrected chi connectivity index (χ0v) is 24.6. The number of hydrogen-bond acceptors (Lipinski definition) is 8. The quantitative estimate of drug-likeness (QED) is 0.118. The maximum absolute atomic E-state index is 13.3. The molecule has 0 radical (unpaired) electrons. The molecule has 220 valence electrons. The molecule has 1 aliphatic heterocycles. The smallest absolute Gasteiger partial charge is 0.338 e. The summed E-state index contributed by atoms with van der Waals surface area (Å²) in [7, 11) is 0. The zero-order valence-electron chi connectivity index (χ0n) is 23.0. The number of benzene rings is 4. The predicted octanol–water partition coefficient (Wildman–Crippen LogP) is 6.00. The maximum Gasteiger partial charge on any atom is 0.338 e. The van der Waals surface area contributed by atoms with Crippen LogP contribution in [0.25, 0.3) is 0 Å². The van der Waals surface area contributed by atoms with Crippen LogP contribution in [0.5, 0.6) is 0 Å². The molecule has 1 fully saturated rings. The van der Waals surface area contributed by atoms with Gasteiger partial charge in [0.25, 0.3) is 0 Å². The van der Waals surface area contributed by atoms with Gasteiger partial charge in [0, 0.05) is 0 Å². The summed E-state index contributed by atoms with van der Waals surface area (Å²) >= 11 is 3.53. The first kappa shape index (κ1) is 30.2. The highest BCUT2D eigenvalue weighted by molar-refractivity contribution is 9.09. The maximum atomic E-state index is 13.3. The SMILES string of the molecule is O=C(OC[C@H]1O[C@H](Br)[C@H](OCc2ccccc2)[C@@H](OC(=O)c2ccccc2)[C@@H]1OC(=O)c1ccccc1)c1ccccc1. The van der Waals surface area contributed by atoms with Gasteiger partial charge in [-0.2, -0.15) is 0 Å². The number of carbonyl (C=O) groups excluding carboxylic acids is 3. The van der Waals surface area contributed by atoms with E-state index in [4.69, 9.17) is 23.7 Å². The van der Waals surface area contributed by atoms with E-state index in [0.29, 0.717) is 16.7 Å². The average Bonchev–Trinajstić information content (AvgIpc) is 3.06. The van der Waals surface area contributed by atoms with Gasteiger partial charge in [0.05, 0.1) is 23.3 Å². The molecule has 5 atom stereocenters. The van der Waals surface area contributed by atoms with E-state index < -0.39 is 47.3 Å². The van der Waals surface area contributed by atoms with E-state index in [1.54, 1.807) is 91.0 Å². The molecular weight excluding hydrogens is 616 g/mol. The normalized spacial score (nSPS) is 21.4. The summed E-state index contributed by atoms with van der Waals surface area (Å²) < 4.78 is 30.0. The Morgan fingerprint density at radius 3 is 1.53 bits per heavy atom. The highest BCUT2D eigenvalue weighted by atomic mass is 79.9. The summed E-state index contributed by atoms with van der Waals surface area (Å²) in [5.41, 5.74) is 1.83. The molecule has 1 aliphatic rings. The largest absolute Gasteiger partial charge is 0.459 e. The van der Waals surface area contributed by atoms with Gasteiger partial charge in [-0.1, -0.05) is 101 Å². The van der Waals surface area contributed by atoms with E-state index in [1.165, 1.54) is 0 Å². The third-order valence-corrected chi connectivity index (χ3v) is 7.49. The van der Waals surface area contributed by atoms with Crippen LogP contribution in [0.3, 0.4) is 0 Å². The van der Waals surface area contributed by atoms with Gasteiger partial charge in [-0.3, -0.25) is 0 Å². The van der Waals surface area contributed by atoms with Crippen LogP contribution in [0.2, 0.25) is 0 Å². The minimum atomic E-state index is -1.20. The van der Waals surface area contributed by atoms with Gasteiger partial charge < -0.3 is 23.7 Å². The van der Waals surface area contributed by atoms with Crippen LogP contribution in [0.4, 0.5) is 0 Å². The lowest BCUT2D eigenvalue weighted by Gasteiger charge is -2.43. The van der Waals surface area contributed by atoms with Gasteiger partial charge in [0.2, 0.25) is 0 Å². The molecule has 0 saturated carbocycles. The van der Waals surface area contributed by atoms with Crippen molar-refractivity contribution >= 4 is 33.8 Å². The number of ether oxygens (including phenoxy) is 5. The van der Waals surface area contributed by atoms with E-state index in [1.807, 2.05) is 30.3 Å². The number of hydrogen-bond donors (Lipinski definition) is 0. The Kier molecular flexibility index (Phi) is 10.3. The zero-order chi connectivity index (χ0) is 30.0. The number of alkyl halides is 1. The summed E-state index contributed by atoms with van der Waals surface area (Å²) in [5, 5.41) is -0.808. The lowest BCUT2D eigenvalue weighted by atomic mass is 9.99. The summed E-state index contributed by atoms with van der Waals surface area (Å²) in [4.78, 5) is 39.4. The molecule has 0 bridgehead atoms. The summed E-state index contributed by atoms with van der Waals surface area (Å²) in [6, 6.07) is 34.8. The lowest BCUT2D eigenvalue weighted by Crippen LogP contribution is -2.60. The summed E-state index contributed by atoms with van der Waals surface area (Å²) in [6.07, 6.45) is -4.24. The molecule has 0 unspecified atom stereocenters. The standard InChI is InChI=1S/C34H29BrO8/c35-31-30(39-21-23-13-5-1-6-14-23)29(43-34(38)26-19-11-4-12-20-26)28(42-33(37)25-17-9-3-10-18-25)27(41-31)22-40-32(36)24-15-7-2-8-16-24/h1-20,27-31H,21-22H2/t27-,28-,29+,30-,31+/m1/s1. The van der Waals surface area contributed by atoms with E-state index in [9.17, 15) is 14.4 Å². The van der Waals surface area contributed by atoms with Crippen molar-refractivity contribution in [3.63, 3.8) is 0 Å². The van der Waals surface area contributed by atoms with Crippen molar-refractivity contribution in [2.24, 2.45) is 0 Å². The lowest BCUT2D eigenvalue weighted by molar-refractivity contribution is -0.220. The van der Waals surface area contributed by atoms with Crippen LogP contribution in [-0.4, -0.2) is 53.9 Å². The van der Waals surface area contributed by atoms with Crippen molar-refractivity contribution in [3.8, 4) is 0 Å². The van der Waals surface area contributed by atoms with Crippen molar-refractivity contribution in [3.05, 3.63) is 144 Å². The molecule has 0 amide bonds.